The van der Waals surface area contributed by atoms with E-state index in [1.54, 1.807) is 29.2 Å². The van der Waals surface area contributed by atoms with Gasteiger partial charge in [-0.25, -0.2) is 0 Å². The molecule has 0 aliphatic carbocycles. The van der Waals surface area contributed by atoms with Gasteiger partial charge in [0.05, 0.1) is 11.2 Å². The number of H-pyrrole nitrogens is 2. The highest BCUT2D eigenvalue weighted by molar-refractivity contribution is 6.19. The molecular weight excluding hydrogens is 578 g/mol. The van der Waals surface area contributed by atoms with Crippen molar-refractivity contribution in [2.45, 2.75) is 26.7 Å². The Morgan fingerprint density at radius 2 is 1.91 bits per heavy atom. The maximum Gasteiger partial charge on any atom is 0.291 e. The van der Waals surface area contributed by atoms with Gasteiger partial charge < -0.3 is 34.6 Å². The first-order valence-electron chi connectivity index (χ1n) is 14.7. The van der Waals surface area contributed by atoms with Crippen molar-refractivity contribution in [3.8, 4) is 5.75 Å². The van der Waals surface area contributed by atoms with Crippen LogP contribution in [0.25, 0.3) is 32.8 Å². The number of fused-ring (bicyclic) bond motifs is 5. The zero-order valence-electron chi connectivity index (χ0n) is 24.6. The van der Waals surface area contributed by atoms with E-state index in [1.165, 1.54) is 0 Å². The van der Waals surface area contributed by atoms with Crippen LogP contribution >= 0.6 is 11.6 Å². The molecule has 224 valence electrons. The van der Waals surface area contributed by atoms with Crippen LogP contribution in [0, 0.1) is 6.92 Å². The van der Waals surface area contributed by atoms with Gasteiger partial charge >= 0.3 is 0 Å². The molecule has 1 atom stereocenters. The number of hydrogen-bond acceptors (Lipinski definition) is 5. The van der Waals surface area contributed by atoms with Gasteiger partial charge in [-0.1, -0.05) is 0 Å². The molecule has 0 radical (unpaired) electrons. The Balaban J connectivity index is 1.14. The second kappa shape index (κ2) is 10.7. The minimum absolute atomic E-state index is 0.0681. The number of aryl methyl sites for hydroxylation is 1. The third kappa shape index (κ3) is 4.46. The van der Waals surface area contributed by atoms with E-state index < -0.39 is 0 Å². The number of aromatic amines is 2. The molecule has 6 aromatic rings. The fourth-order valence-electron chi connectivity index (χ4n) is 6.42. The fourth-order valence-corrected chi connectivity index (χ4v) is 6.68. The highest BCUT2D eigenvalue weighted by Gasteiger charge is 2.36. The lowest BCUT2D eigenvalue weighted by atomic mass is 9.97. The van der Waals surface area contributed by atoms with Crippen molar-refractivity contribution < 1.29 is 19.1 Å². The van der Waals surface area contributed by atoms with Gasteiger partial charge in [0.25, 0.3) is 11.8 Å². The Hall–Kier alpha value is -4.89. The van der Waals surface area contributed by atoms with Crippen LogP contribution in [-0.4, -0.2) is 52.4 Å². The van der Waals surface area contributed by atoms with Crippen LogP contribution in [0.2, 0.25) is 0 Å². The molecule has 1 aliphatic rings. The Labute approximate surface area is 258 Å². The number of benzene rings is 3. The minimum atomic E-state index is -0.358. The number of nitrogens with zero attached hydrogens (tertiary/aromatic N) is 2. The number of hydrogen-bond donors (Lipinski definition) is 4. The number of halogens is 1. The first kappa shape index (κ1) is 27.9. The average Bonchev–Trinajstić information content (AvgIpc) is 3.80. The Morgan fingerprint density at radius 3 is 2.68 bits per heavy atom. The molecule has 1 unspecified atom stereocenters. The molecule has 3 aromatic heterocycles. The van der Waals surface area contributed by atoms with Crippen molar-refractivity contribution in [1.82, 2.24) is 9.97 Å². The van der Waals surface area contributed by atoms with Gasteiger partial charge in [0.2, 0.25) is 0 Å². The fraction of sp³-hybridized carbons (Fsp3) is 0.235. The minimum Gasteiger partial charge on any atom is -0.506 e. The lowest BCUT2D eigenvalue weighted by molar-refractivity contribution is 0.0981. The van der Waals surface area contributed by atoms with E-state index in [2.05, 4.69) is 34.0 Å². The molecular formula is C34H32ClN5O4. The van der Waals surface area contributed by atoms with Gasteiger partial charge in [0.1, 0.15) is 17.0 Å². The van der Waals surface area contributed by atoms with Crippen LogP contribution in [-0.2, 0) is 0 Å². The quantitative estimate of drug-likeness (QED) is 0.140. The van der Waals surface area contributed by atoms with Crippen molar-refractivity contribution in [2.24, 2.45) is 0 Å². The molecule has 0 fully saturated rings. The van der Waals surface area contributed by atoms with Gasteiger partial charge in [0.15, 0.2) is 5.76 Å². The summed E-state index contributed by atoms with van der Waals surface area (Å²) in [5.74, 6) is 0.00689. The molecule has 3 aromatic carbocycles. The summed E-state index contributed by atoms with van der Waals surface area (Å²) in [4.78, 5) is 37.2. The molecule has 0 bridgehead atoms. The van der Waals surface area contributed by atoms with Crippen LogP contribution < -0.4 is 15.1 Å². The average molecular weight is 610 g/mol. The lowest BCUT2D eigenvalue weighted by Gasteiger charge is -2.20. The molecule has 4 heterocycles. The number of anilines is 3. The Kier molecular flexibility index (Phi) is 6.77. The number of carbonyl (C=O) groups excluding carboxylic acids is 2. The summed E-state index contributed by atoms with van der Waals surface area (Å²) < 4.78 is 5.92. The van der Waals surface area contributed by atoms with E-state index >= 15 is 0 Å². The van der Waals surface area contributed by atoms with Crippen molar-refractivity contribution >= 4 is 73.3 Å². The first-order chi connectivity index (χ1) is 21.3. The van der Waals surface area contributed by atoms with Gasteiger partial charge in [0, 0.05) is 82.8 Å². The van der Waals surface area contributed by atoms with E-state index in [0.717, 1.165) is 51.6 Å². The maximum atomic E-state index is 13.8. The van der Waals surface area contributed by atoms with Crippen molar-refractivity contribution in [3.63, 3.8) is 0 Å². The van der Waals surface area contributed by atoms with Crippen molar-refractivity contribution in [3.05, 3.63) is 83.4 Å². The predicted octanol–water partition coefficient (Wildman–Crippen LogP) is 7.49. The summed E-state index contributed by atoms with van der Waals surface area (Å²) in [6, 6.07) is 16.5. The molecule has 0 saturated heterocycles. The van der Waals surface area contributed by atoms with Crippen molar-refractivity contribution in [1.29, 1.82) is 0 Å². The molecule has 4 N–H and O–H groups in total. The number of nitrogens with one attached hydrogen (secondary N) is 3. The molecule has 0 saturated carbocycles. The van der Waals surface area contributed by atoms with Gasteiger partial charge in [-0.15, -0.1) is 11.6 Å². The Bertz CT molecular complexity index is 2090. The smallest absolute Gasteiger partial charge is 0.291 e. The van der Waals surface area contributed by atoms with E-state index in [0.29, 0.717) is 40.6 Å². The number of carbonyl (C=O) groups is 2. The molecule has 7 rings (SSSR count). The molecule has 1 aliphatic heterocycles. The van der Waals surface area contributed by atoms with Crippen LogP contribution in [0.4, 0.5) is 17.1 Å². The molecule has 9 nitrogen and oxygen atoms in total. The van der Waals surface area contributed by atoms with Gasteiger partial charge in [-0.05, 0) is 74.4 Å². The normalized spacial score (nSPS) is 14.5. The SMILES string of the molecule is CCN(CC)c1ccc2cc(C(=O)Nc3ccc4[nH]c(C(=O)N5CC(CCl)c6c5cc(O)c5[nH]cc(C)c65)cc4c3)oc2c1. The number of aromatic hydroxyl groups is 1. The van der Waals surface area contributed by atoms with Crippen LogP contribution in [0.1, 0.15) is 51.9 Å². The number of amides is 2. The largest absolute Gasteiger partial charge is 0.506 e. The van der Waals surface area contributed by atoms with Crippen molar-refractivity contribution in [2.75, 3.05) is 40.6 Å². The van der Waals surface area contributed by atoms with E-state index in [-0.39, 0.29) is 29.2 Å². The number of phenols is 1. The third-order valence-corrected chi connectivity index (χ3v) is 9.02. The lowest BCUT2D eigenvalue weighted by Crippen LogP contribution is -2.30. The van der Waals surface area contributed by atoms with E-state index in [4.69, 9.17) is 16.0 Å². The second-order valence-electron chi connectivity index (χ2n) is 11.3. The Morgan fingerprint density at radius 1 is 1.09 bits per heavy atom. The summed E-state index contributed by atoms with van der Waals surface area (Å²) in [6.07, 6.45) is 1.85. The maximum absolute atomic E-state index is 13.8. The van der Waals surface area contributed by atoms with Gasteiger partial charge in [-0.2, -0.15) is 0 Å². The monoisotopic (exact) mass is 609 g/mol. The number of furan rings is 1. The number of aromatic nitrogens is 2. The summed E-state index contributed by atoms with van der Waals surface area (Å²) in [5.41, 5.74) is 6.71. The van der Waals surface area contributed by atoms with E-state index in [9.17, 15) is 14.7 Å². The first-order valence-corrected chi connectivity index (χ1v) is 15.3. The summed E-state index contributed by atoms with van der Waals surface area (Å²) in [6.45, 7) is 8.34. The zero-order valence-corrected chi connectivity index (χ0v) is 25.4. The zero-order chi connectivity index (χ0) is 30.7. The van der Waals surface area contributed by atoms with Gasteiger partial charge in [-0.3, -0.25) is 9.59 Å². The number of alkyl halides is 1. The summed E-state index contributed by atoms with van der Waals surface area (Å²) in [5, 5.41) is 16.2. The summed E-state index contributed by atoms with van der Waals surface area (Å²) in [7, 11) is 0. The van der Waals surface area contributed by atoms with E-state index in [1.807, 2.05) is 43.5 Å². The summed E-state index contributed by atoms with van der Waals surface area (Å²) >= 11 is 6.37. The third-order valence-electron chi connectivity index (χ3n) is 8.65. The second-order valence-corrected chi connectivity index (χ2v) is 11.6. The standard InChI is InChI=1S/C34H32ClN5O4/c1-4-39(5-2)23-8-6-19-12-29(44-28(19)13-23)33(42)37-22-7-9-24-20(10-22)11-25(38-24)34(43)40-17-21(15-35)31-26(40)14-27(41)32-30(31)18(3)16-36-32/h6-14,16,21,36,38,41H,4-5,15,17H2,1-3H3,(H,37,42). The molecule has 10 heteroatoms. The highest BCUT2D eigenvalue weighted by atomic mass is 35.5. The number of phenolic OH excluding ortho intramolecular Hbond substituents is 1. The molecule has 44 heavy (non-hydrogen) atoms. The molecule has 0 spiro atoms. The van der Waals surface area contributed by atoms with Crippen LogP contribution in [0.15, 0.2) is 65.2 Å². The topological polar surface area (TPSA) is 118 Å². The van der Waals surface area contributed by atoms with Crippen LogP contribution in [0.5, 0.6) is 5.75 Å². The van der Waals surface area contributed by atoms with Crippen LogP contribution in [0.3, 0.4) is 0 Å². The molecule has 2 amide bonds. The predicted molar refractivity (Wildman–Crippen MR) is 176 cm³/mol. The highest BCUT2D eigenvalue weighted by Crippen LogP contribution is 2.46. The number of rotatable bonds is 7.